The van der Waals surface area contributed by atoms with E-state index < -0.39 is 11.5 Å². The molecule has 2 aromatic rings. The Kier molecular flexibility index (Phi) is 6.96. The number of carbonyl (C=O) groups excluding carboxylic acids is 1. The lowest BCUT2D eigenvalue weighted by atomic mass is 9.87. The molecule has 0 saturated carbocycles. The molecule has 0 fully saturated rings. The maximum Gasteiger partial charge on any atom is 0.334 e. The van der Waals surface area contributed by atoms with Crippen LogP contribution < -0.4 is 5.32 Å². The van der Waals surface area contributed by atoms with Crippen LogP contribution >= 0.6 is 11.8 Å². The molecule has 0 bridgehead atoms. The van der Waals surface area contributed by atoms with Gasteiger partial charge in [0.05, 0.1) is 0 Å². The van der Waals surface area contributed by atoms with Gasteiger partial charge in [0, 0.05) is 17.8 Å². The summed E-state index contributed by atoms with van der Waals surface area (Å²) in [7, 11) is 0. The van der Waals surface area contributed by atoms with E-state index in [1.165, 1.54) is 11.8 Å². The summed E-state index contributed by atoms with van der Waals surface area (Å²) in [6, 6.07) is 8.80. The molecular formula is C20H25N3O3S. The fourth-order valence-corrected chi connectivity index (χ4v) is 3.57. The van der Waals surface area contributed by atoms with Gasteiger partial charge in [0.15, 0.2) is 10.7 Å². The van der Waals surface area contributed by atoms with Crippen molar-refractivity contribution in [3.05, 3.63) is 52.8 Å². The average molecular weight is 388 g/mol. The smallest absolute Gasteiger partial charge is 0.334 e. The Morgan fingerprint density at radius 3 is 2.22 bits per heavy atom. The van der Waals surface area contributed by atoms with Crippen LogP contribution in [0.15, 0.2) is 35.5 Å². The number of thioether (sulfide) groups is 1. The van der Waals surface area contributed by atoms with E-state index in [0.29, 0.717) is 17.1 Å². The first-order valence-corrected chi connectivity index (χ1v) is 10.0. The first-order chi connectivity index (χ1) is 12.8. The van der Waals surface area contributed by atoms with Gasteiger partial charge in [-0.1, -0.05) is 49.0 Å². The molecule has 6 nitrogen and oxygen atoms in total. The summed E-state index contributed by atoms with van der Waals surface area (Å²) in [5, 5.41) is 13.3. The van der Waals surface area contributed by atoms with E-state index in [-0.39, 0.29) is 18.7 Å². The van der Waals surface area contributed by atoms with Crippen LogP contribution in [0.1, 0.15) is 42.3 Å². The Morgan fingerprint density at radius 2 is 1.74 bits per heavy atom. The molecule has 0 aliphatic rings. The standard InChI is InChI=1S/C20H25N3O3S/c1-5-20(18(25)26,15-9-7-6-8-10-15)23-17(24)12-11-16-13(2)21-19(27-4)22-14(16)3/h6-10H,5,11-12H2,1-4H3,(H,23,24)(H,25,26). The van der Waals surface area contributed by atoms with Gasteiger partial charge in [0.25, 0.3) is 0 Å². The van der Waals surface area contributed by atoms with Gasteiger partial charge in [-0.3, -0.25) is 4.79 Å². The Morgan fingerprint density at radius 1 is 1.15 bits per heavy atom. The molecule has 1 aromatic carbocycles. The molecule has 2 rings (SSSR count). The van der Waals surface area contributed by atoms with Crippen molar-refractivity contribution in [2.24, 2.45) is 0 Å². The van der Waals surface area contributed by atoms with Gasteiger partial charge >= 0.3 is 5.97 Å². The van der Waals surface area contributed by atoms with Gasteiger partial charge in [-0.15, -0.1) is 0 Å². The van der Waals surface area contributed by atoms with E-state index in [1.807, 2.05) is 26.2 Å². The van der Waals surface area contributed by atoms with Crippen molar-refractivity contribution < 1.29 is 14.7 Å². The van der Waals surface area contributed by atoms with Gasteiger partial charge in [0.1, 0.15) is 0 Å². The minimum Gasteiger partial charge on any atom is -0.479 e. The Bertz CT molecular complexity index is 803. The van der Waals surface area contributed by atoms with Crippen LogP contribution in [0, 0.1) is 13.8 Å². The molecule has 0 aliphatic carbocycles. The van der Waals surface area contributed by atoms with Crippen molar-refractivity contribution in [1.82, 2.24) is 15.3 Å². The summed E-state index contributed by atoms with van der Waals surface area (Å²) >= 11 is 1.48. The molecule has 1 atom stereocenters. The van der Waals surface area contributed by atoms with Gasteiger partial charge in [-0.25, -0.2) is 14.8 Å². The average Bonchev–Trinajstić information content (AvgIpc) is 2.65. The second kappa shape index (κ2) is 8.99. The number of hydrogen-bond donors (Lipinski definition) is 2. The van der Waals surface area contributed by atoms with Gasteiger partial charge in [0.2, 0.25) is 5.91 Å². The molecule has 2 N–H and O–H groups in total. The number of amides is 1. The molecule has 144 valence electrons. The van der Waals surface area contributed by atoms with Crippen molar-refractivity contribution in [3.8, 4) is 0 Å². The maximum atomic E-state index is 12.6. The highest BCUT2D eigenvalue weighted by Crippen LogP contribution is 2.26. The molecule has 1 aromatic heterocycles. The quantitative estimate of drug-likeness (QED) is 0.534. The Hall–Kier alpha value is -2.41. The Labute approximate surface area is 163 Å². The highest BCUT2D eigenvalue weighted by atomic mass is 32.2. The lowest BCUT2D eigenvalue weighted by Gasteiger charge is -2.30. The summed E-state index contributed by atoms with van der Waals surface area (Å²) in [4.78, 5) is 33.4. The zero-order valence-electron chi connectivity index (χ0n) is 16.1. The number of rotatable bonds is 8. The molecule has 1 amide bonds. The molecular weight excluding hydrogens is 362 g/mol. The second-order valence-electron chi connectivity index (χ2n) is 6.34. The van der Waals surface area contributed by atoms with Crippen molar-refractivity contribution in [1.29, 1.82) is 0 Å². The number of nitrogens with zero attached hydrogens (tertiary/aromatic N) is 2. The summed E-state index contributed by atoms with van der Waals surface area (Å²) in [5.41, 5.74) is 1.76. The summed E-state index contributed by atoms with van der Waals surface area (Å²) in [6.45, 7) is 5.56. The second-order valence-corrected chi connectivity index (χ2v) is 7.11. The molecule has 0 spiro atoms. The van der Waals surface area contributed by atoms with Crippen molar-refractivity contribution >= 4 is 23.6 Å². The minimum absolute atomic E-state index is 0.172. The molecule has 27 heavy (non-hydrogen) atoms. The highest BCUT2D eigenvalue weighted by molar-refractivity contribution is 7.98. The monoisotopic (exact) mass is 387 g/mol. The highest BCUT2D eigenvalue weighted by Gasteiger charge is 2.40. The number of aryl methyl sites for hydroxylation is 2. The third-order valence-electron chi connectivity index (χ3n) is 4.70. The number of nitrogens with one attached hydrogen (secondary N) is 1. The molecule has 1 unspecified atom stereocenters. The SMILES string of the molecule is CCC(NC(=O)CCc1c(C)nc(SC)nc1C)(C(=O)O)c1ccccc1. The normalized spacial score (nSPS) is 13.0. The van der Waals surface area contributed by atoms with Gasteiger partial charge < -0.3 is 10.4 Å². The van der Waals surface area contributed by atoms with Gasteiger partial charge in [-0.2, -0.15) is 0 Å². The first-order valence-electron chi connectivity index (χ1n) is 8.82. The lowest BCUT2D eigenvalue weighted by molar-refractivity contribution is -0.148. The van der Waals surface area contributed by atoms with Crippen LogP contribution in [-0.2, 0) is 21.5 Å². The molecule has 1 heterocycles. The topological polar surface area (TPSA) is 92.2 Å². The zero-order valence-corrected chi connectivity index (χ0v) is 16.9. The van der Waals surface area contributed by atoms with Crippen molar-refractivity contribution in [2.75, 3.05) is 6.26 Å². The largest absolute Gasteiger partial charge is 0.479 e. The van der Waals surface area contributed by atoms with Crippen LogP contribution in [0.4, 0.5) is 0 Å². The zero-order chi connectivity index (χ0) is 20.0. The number of aliphatic carboxylic acids is 1. The fraction of sp³-hybridized carbons (Fsp3) is 0.400. The molecule has 0 radical (unpaired) electrons. The lowest BCUT2D eigenvalue weighted by Crippen LogP contribution is -2.51. The minimum atomic E-state index is -1.43. The first kappa shape index (κ1) is 20.9. The number of benzene rings is 1. The third kappa shape index (κ3) is 4.66. The van der Waals surface area contributed by atoms with E-state index >= 15 is 0 Å². The van der Waals surface area contributed by atoms with E-state index in [0.717, 1.165) is 17.0 Å². The van der Waals surface area contributed by atoms with Gasteiger partial charge in [-0.05, 0) is 44.1 Å². The van der Waals surface area contributed by atoms with E-state index in [1.54, 1.807) is 31.2 Å². The van der Waals surface area contributed by atoms with Crippen LogP contribution in [0.25, 0.3) is 0 Å². The summed E-state index contributed by atoms with van der Waals surface area (Å²) in [5.74, 6) is -1.37. The summed E-state index contributed by atoms with van der Waals surface area (Å²) in [6.07, 6.45) is 2.81. The van der Waals surface area contributed by atoms with Crippen molar-refractivity contribution in [2.45, 2.75) is 50.7 Å². The van der Waals surface area contributed by atoms with E-state index in [9.17, 15) is 14.7 Å². The number of aromatic nitrogens is 2. The fourth-order valence-electron chi connectivity index (χ4n) is 3.12. The predicted molar refractivity (Wildman–Crippen MR) is 106 cm³/mol. The van der Waals surface area contributed by atoms with E-state index in [2.05, 4.69) is 15.3 Å². The van der Waals surface area contributed by atoms with Crippen LogP contribution in [0.5, 0.6) is 0 Å². The summed E-state index contributed by atoms with van der Waals surface area (Å²) < 4.78 is 0. The predicted octanol–water partition coefficient (Wildman–Crippen LogP) is 3.25. The molecule has 0 saturated heterocycles. The van der Waals surface area contributed by atoms with Crippen molar-refractivity contribution in [3.63, 3.8) is 0 Å². The number of carbonyl (C=O) groups is 2. The van der Waals surface area contributed by atoms with Crippen LogP contribution in [0.2, 0.25) is 0 Å². The molecule has 7 heteroatoms. The molecule has 0 aliphatic heterocycles. The third-order valence-corrected chi connectivity index (χ3v) is 5.25. The Balaban J connectivity index is 2.17. The number of carboxylic acids is 1. The number of carboxylic acid groups (broad SMARTS) is 1. The number of hydrogen-bond acceptors (Lipinski definition) is 5. The van der Waals surface area contributed by atoms with Crippen LogP contribution in [0.3, 0.4) is 0 Å². The maximum absolute atomic E-state index is 12.6. The van der Waals surface area contributed by atoms with E-state index in [4.69, 9.17) is 0 Å². The van der Waals surface area contributed by atoms with Crippen LogP contribution in [-0.4, -0.2) is 33.2 Å².